The zero-order valence-electron chi connectivity index (χ0n) is 8.65. The fourth-order valence-corrected chi connectivity index (χ4v) is 1.09. The van der Waals surface area contributed by atoms with E-state index in [1.54, 1.807) is 25.4 Å². The lowest BCUT2D eigenvalue weighted by Gasteiger charge is -2.11. The number of anilines is 1. The van der Waals surface area contributed by atoms with Crippen LogP contribution >= 0.6 is 12.2 Å². The summed E-state index contributed by atoms with van der Waals surface area (Å²) in [6.45, 7) is 3.54. The van der Waals surface area contributed by atoms with Gasteiger partial charge in [-0.1, -0.05) is 12.2 Å². The summed E-state index contributed by atoms with van der Waals surface area (Å²) >= 11 is 4.75. The lowest BCUT2D eigenvalue weighted by molar-refractivity contribution is -0.117. The standard InChI is InChI=1S/C10H13N3OS/c1-6-5-12-4-3-8(6)13-10(14)7(2)9(11)15/h3-5,7H,1-2H3,(H2,11,15)(H,12,13,14). The number of carbonyl (C=O) groups excluding carboxylic acids is 1. The fraction of sp³-hybridized carbons (Fsp3) is 0.300. The van der Waals surface area contributed by atoms with E-state index in [2.05, 4.69) is 10.3 Å². The monoisotopic (exact) mass is 223 g/mol. The third kappa shape index (κ3) is 2.99. The van der Waals surface area contributed by atoms with Crippen LogP contribution in [0.25, 0.3) is 0 Å². The normalized spacial score (nSPS) is 11.9. The van der Waals surface area contributed by atoms with Crippen molar-refractivity contribution in [3.8, 4) is 0 Å². The summed E-state index contributed by atoms with van der Waals surface area (Å²) in [4.78, 5) is 15.7. The molecule has 1 aromatic heterocycles. The number of nitrogens with zero attached hydrogens (tertiary/aromatic N) is 1. The van der Waals surface area contributed by atoms with Gasteiger partial charge in [-0.2, -0.15) is 0 Å². The maximum Gasteiger partial charge on any atom is 0.234 e. The lowest BCUT2D eigenvalue weighted by atomic mass is 10.1. The van der Waals surface area contributed by atoms with Gasteiger partial charge in [0.2, 0.25) is 5.91 Å². The molecule has 0 aliphatic heterocycles. The number of aromatic nitrogens is 1. The third-order valence-electron chi connectivity index (χ3n) is 2.10. The van der Waals surface area contributed by atoms with E-state index in [1.807, 2.05) is 6.92 Å². The molecule has 1 aromatic rings. The number of amides is 1. The first-order chi connectivity index (χ1) is 7.02. The molecule has 3 N–H and O–H groups in total. The summed E-state index contributed by atoms with van der Waals surface area (Å²) in [5.41, 5.74) is 7.02. The van der Waals surface area contributed by atoms with Gasteiger partial charge >= 0.3 is 0 Å². The first-order valence-electron chi connectivity index (χ1n) is 4.53. The highest BCUT2D eigenvalue weighted by molar-refractivity contribution is 7.80. The van der Waals surface area contributed by atoms with Crippen LogP contribution in [0.3, 0.4) is 0 Å². The molecular weight excluding hydrogens is 210 g/mol. The molecule has 1 amide bonds. The maximum atomic E-state index is 11.6. The molecule has 0 saturated heterocycles. The Morgan fingerprint density at radius 1 is 1.67 bits per heavy atom. The van der Waals surface area contributed by atoms with Crippen LogP contribution < -0.4 is 11.1 Å². The minimum atomic E-state index is -0.465. The van der Waals surface area contributed by atoms with Gasteiger partial charge in [-0.3, -0.25) is 9.78 Å². The molecule has 0 aliphatic carbocycles. The molecule has 0 saturated carbocycles. The van der Waals surface area contributed by atoms with E-state index in [9.17, 15) is 4.79 Å². The van der Waals surface area contributed by atoms with Crippen LogP contribution in [0, 0.1) is 12.8 Å². The molecule has 0 spiro atoms. The van der Waals surface area contributed by atoms with Crippen LogP contribution in [-0.2, 0) is 4.79 Å². The number of carbonyl (C=O) groups is 1. The Morgan fingerprint density at radius 3 is 2.87 bits per heavy atom. The number of rotatable bonds is 3. The Labute approximate surface area is 93.9 Å². The van der Waals surface area contributed by atoms with Gasteiger partial charge in [0.1, 0.15) is 0 Å². The molecule has 0 radical (unpaired) electrons. The van der Waals surface area contributed by atoms with E-state index in [0.29, 0.717) is 0 Å². The van der Waals surface area contributed by atoms with Crippen LogP contribution in [0.1, 0.15) is 12.5 Å². The Kier molecular flexibility index (Phi) is 3.74. The molecule has 15 heavy (non-hydrogen) atoms. The molecule has 1 atom stereocenters. The highest BCUT2D eigenvalue weighted by Crippen LogP contribution is 2.12. The van der Waals surface area contributed by atoms with Gasteiger partial charge in [-0.05, 0) is 25.5 Å². The Bertz CT molecular complexity index is 392. The topological polar surface area (TPSA) is 68.0 Å². The average Bonchev–Trinajstić information content (AvgIpc) is 2.20. The third-order valence-corrected chi connectivity index (χ3v) is 2.45. The minimum absolute atomic E-state index is 0.194. The van der Waals surface area contributed by atoms with Crippen molar-refractivity contribution in [3.05, 3.63) is 24.0 Å². The second-order valence-electron chi connectivity index (χ2n) is 3.30. The highest BCUT2D eigenvalue weighted by Gasteiger charge is 2.15. The van der Waals surface area contributed by atoms with Gasteiger partial charge in [-0.15, -0.1) is 0 Å². The number of nitrogens with two attached hydrogens (primary N) is 1. The number of nitrogens with one attached hydrogen (secondary N) is 1. The van der Waals surface area contributed by atoms with Crippen molar-refractivity contribution >= 4 is 28.8 Å². The smallest absolute Gasteiger partial charge is 0.234 e. The van der Waals surface area contributed by atoms with Crippen molar-refractivity contribution in [2.45, 2.75) is 13.8 Å². The van der Waals surface area contributed by atoms with Crippen molar-refractivity contribution in [1.29, 1.82) is 0 Å². The SMILES string of the molecule is Cc1cnccc1NC(=O)C(C)C(N)=S. The second-order valence-corrected chi connectivity index (χ2v) is 3.78. The maximum absolute atomic E-state index is 11.6. The molecular formula is C10H13N3OS. The summed E-state index contributed by atoms with van der Waals surface area (Å²) in [6.07, 6.45) is 3.30. The number of thiocarbonyl (C=S) groups is 1. The van der Waals surface area contributed by atoms with Crippen LogP contribution in [0.2, 0.25) is 0 Å². The van der Waals surface area contributed by atoms with Crippen LogP contribution in [0.15, 0.2) is 18.5 Å². The zero-order chi connectivity index (χ0) is 11.4. The van der Waals surface area contributed by atoms with Gasteiger partial charge in [0.15, 0.2) is 0 Å². The summed E-state index contributed by atoms with van der Waals surface area (Å²) in [5.74, 6) is -0.663. The molecule has 4 nitrogen and oxygen atoms in total. The molecule has 0 aliphatic rings. The average molecular weight is 223 g/mol. The first kappa shape index (κ1) is 11.6. The molecule has 0 fully saturated rings. The van der Waals surface area contributed by atoms with Gasteiger partial charge in [0.25, 0.3) is 0 Å². The summed E-state index contributed by atoms with van der Waals surface area (Å²) in [6, 6.07) is 1.74. The van der Waals surface area contributed by atoms with Gasteiger partial charge < -0.3 is 11.1 Å². The minimum Gasteiger partial charge on any atom is -0.393 e. The molecule has 80 valence electrons. The van der Waals surface area contributed by atoms with Crippen molar-refractivity contribution in [2.24, 2.45) is 11.7 Å². The number of hydrogen-bond donors (Lipinski definition) is 2. The number of pyridine rings is 1. The predicted molar refractivity (Wildman–Crippen MR) is 63.6 cm³/mol. The number of aryl methyl sites for hydroxylation is 1. The van der Waals surface area contributed by atoms with Gasteiger partial charge in [0, 0.05) is 18.1 Å². The molecule has 5 heteroatoms. The van der Waals surface area contributed by atoms with Gasteiger partial charge in [-0.25, -0.2) is 0 Å². The lowest BCUT2D eigenvalue weighted by Crippen LogP contribution is -2.31. The van der Waals surface area contributed by atoms with Gasteiger partial charge in [0.05, 0.1) is 10.9 Å². The van der Waals surface area contributed by atoms with Crippen molar-refractivity contribution in [1.82, 2.24) is 4.98 Å². The van der Waals surface area contributed by atoms with Crippen LogP contribution in [0.4, 0.5) is 5.69 Å². The van der Waals surface area contributed by atoms with Crippen LogP contribution in [0.5, 0.6) is 0 Å². The van der Waals surface area contributed by atoms with E-state index in [1.165, 1.54) is 0 Å². The molecule has 1 unspecified atom stereocenters. The molecule has 1 rings (SSSR count). The molecule has 1 heterocycles. The first-order valence-corrected chi connectivity index (χ1v) is 4.94. The van der Waals surface area contributed by atoms with Crippen molar-refractivity contribution in [3.63, 3.8) is 0 Å². The zero-order valence-corrected chi connectivity index (χ0v) is 9.47. The molecule has 0 aromatic carbocycles. The summed E-state index contributed by atoms with van der Waals surface area (Å²) < 4.78 is 0. The van der Waals surface area contributed by atoms with Crippen molar-refractivity contribution in [2.75, 3.05) is 5.32 Å². The highest BCUT2D eigenvalue weighted by atomic mass is 32.1. The van der Waals surface area contributed by atoms with E-state index < -0.39 is 5.92 Å². The summed E-state index contributed by atoms with van der Waals surface area (Å²) in [7, 11) is 0. The van der Waals surface area contributed by atoms with Crippen molar-refractivity contribution < 1.29 is 4.79 Å². The largest absolute Gasteiger partial charge is 0.393 e. The second kappa shape index (κ2) is 4.84. The predicted octanol–water partition coefficient (Wildman–Crippen LogP) is 1.25. The summed E-state index contributed by atoms with van der Waals surface area (Å²) in [5, 5.41) is 2.74. The van der Waals surface area contributed by atoms with E-state index in [0.717, 1.165) is 11.3 Å². The van der Waals surface area contributed by atoms with E-state index in [4.69, 9.17) is 18.0 Å². The fourth-order valence-electron chi connectivity index (χ4n) is 0.984. The Hall–Kier alpha value is -1.49. The van der Waals surface area contributed by atoms with E-state index >= 15 is 0 Å². The van der Waals surface area contributed by atoms with Crippen LogP contribution in [-0.4, -0.2) is 15.9 Å². The molecule has 0 bridgehead atoms. The Balaban J connectivity index is 2.75. The quantitative estimate of drug-likeness (QED) is 0.757. The Morgan fingerprint density at radius 2 is 2.33 bits per heavy atom. The number of hydrogen-bond acceptors (Lipinski definition) is 3. The van der Waals surface area contributed by atoms with E-state index in [-0.39, 0.29) is 10.9 Å².